The van der Waals surface area contributed by atoms with Crippen molar-refractivity contribution in [3.63, 3.8) is 0 Å². The second-order valence-corrected chi connectivity index (χ2v) is 10.2. The lowest BCUT2D eigenvalue weighted by Gasteiger charge is -2.33. The summed E-state index contributed by atoms with van der Waals surface area (Å²) in [5.41, 5.74) is 1.17. The van der Waals surface area contributed by atoms with Crippen LogP contribution in [0.1, 0.15) is 27.6 Å². The van der Waals surface area contributed by atoms with Crippen molar-refractivity contribution in [3.05, 3.63) is 75.2 Å². The van der Waals surface area contributed by atoms with Crippen LogP contribution in [0.4, 0.5) is 13.2 Å². The van der Waals surface area contributed by atoms with Crippen LogP contribution in [0, 0.1) is 0 Å². The maximum Gasteiger partial charge on any atom is 0.435 e. The van der Waals surface area contributed by atoms with Gasteiger partial charge in [-0.2, -0.15) is 18.3 Å². The molecule has 0 saturated carbocycles. The summed E-state index contributed by atoms with van der Waals surface area (Å²) in [6, 6.07) is 8.86. The van der Waals surface area contributed by atoms with Gasteiger partial charge in [-0.25, -0.2) is 0 Å². The third kappa shape index (κ3) is 4.92. The molecular formula is C24H24ClF3N4OS. The lowest BCUT2D eigenvalue weighted by Crippen LogP contribution is -2.37. The molecular weight excluding hydrogens is 485 g/mol. The molecule has 2 aromatic heterocycles. The number of hydrogen-bond donors (Lipinski definition) is 0. The molecule has 0 N–H and O–H groups in total. The predicted octanol–water partition coefficient (Wildman–Crippen LogP) is 5.51. The molecule has 4 rings (SSSR count). The van der Waals surface area contributed by atoms with Crippen LogP contribution >= 0.6 is 22.9 Å². The number of alkyl halides is 3. The summed E-state index contributed by atoms with van der Waals surface area (Å²) in [4.78, 5) is 16.9. The van der Waals surface area contributed by atoms with Gasteiger partial charge in [0.15, 0.2) is 5.69 Å². The largest absolute Gasteiger partial charge is 0.435 e. The Labute approximate surface area is 205 Å². The zero-order valence-electron chi connectivity index (χ0n) is 18.8. The molecule has 0 saturated heterocycles. The maximum absolute atomic E-state index is 14.0. The Kier molecular flexibility index (Phi) is 6.89. The second-order valence-electron chi connectivity index (χ2n) is 8.45. The highest BCUT2D eigenvalue weighted by atomic mass is 35.5. The van der Waals surface area contributed by atoms with Gasteiger partial charge in [0, 0.05) is 35.6 Å². The molecule has 1 aliphatic rings. The number of carbonyl (C=O) groups excluding carboxylic acids is 1. The summed E-state index contributed by atoms with van der Waals surface area (Å²) in [6.07, 6.45) is -1.90. The third-order valence-corrected chi connectivity index (χ3v) is 7.11. The molecule has 180 valence electrons. The SMILES string of the molecule is C=CC(=O)N1Cc2sc(Cl)cc2C(c2ccccc2-c2cn(CCN(C)C)nc2C(F)(F)F)C1. The number of likely N-dealkylation sites (N-methyl/N-ethyl adjacent to an activating group) is 1. The molecule has 1 aliphatic heterocycles. The Hall–Kier alpha value is -2.62. The minimum absolute atomic E-state index is 0.0249. The van der Waals surface area contributed by atoms with Crippen molar-refractivity contribution in [3.8, 4) is 11.1 Å². The Morgan fingerprint density at radius 1 is 1.29 bits per heavy atom. The van der Waals surface area contributed by atoms with E-state index in [1.807, 2.05) is 31.1 Å². The van der Waals surface area contributed by atoms with E-state index in [-0.39, 0.29) is 17.4 Å². The summed E-state index contributed by atoms with van der Waals surface area (Å²) in [5.74, 6) is -0.566. The zero-order valence-corrected chi connectivity index (χ0v) is 20.3. The van der Waals surface area contributed by atoms with Crippen LogP contribution in [0.3, 0.4) is 0 Å². The molecule has 0 radical (unpaired) electrons. The number of fused-ring (bicyclic) bond motifs is 1. The number of rotatable bonds is 6. The molecule has 3 aromatic rings. The van der Waals surface area contributed by atoms with Gasteiger partial charge in [-0.3, -0.25) is 9.48 Å². The van der Waals surface area contributed by atoms with Crippen molar-refractivity contribution in [2.75, 3.05) is 27.2 Å². The van der Waals surface area contributed by atoms with Crippen LogP contribution < -0.4 is 0 Å². The number of nitrogens with zero attached hydrogens (tertiary/aromatic N) is 4. The zero-order chi connectivity index (χ0) is 24.6. The van der Waals surface area contributed by atoms with Crippen molar-refractivity contribution in [2.45, 2.75) is 25.2 Å². The van der Waals surface area contributed by atoms with Gasteiger partial charge in [0.1, 0.15) is 0 Å². The summed E-state index contributed by atoms with van der Waals surface area (Å²) < 4.78 is 44.0. The fourth-order valence-corrected chi connectivity index (χ4v) is 5.60. The average molecular weight is 509 g/mol. The molecule has 1 unspecified atom stereocenters. The third-order valence-electron chi connectivity index (χ3n) is 5.84. The first-order valence-corrected chi connectivity index (χ1v) is 11.9. The molecule has 10 heteroatoms. The normalized spacial score (nSPS) is 16.1. The van der Waals surface area contributed by atoms with Crippen LogP contribution in [0.2, 0.25) is 4.34 Å². The molecule has 1 atom stereocenters. The first-order valence-electron chi connectivity index (χ1n) is 10.7. The number of halogens is 4. The van der Waals surface area contributed by atoms with E-state index in [9.17, 15) is 18.0 Å². The number of thiophene rings is 1. The van der Waals surface area contributed by atoms with Crippen molar-refractivity contribution in [1.29, 1.82) is 0 Å². The number of hydrogen-bond acceptors (Lipinski definition) is 4. The van der Waals surface area contributed by atoms with Crippen LogP contribution in [0.15, 0.2) is 49.2 Å². The number of carbonyl (C=O) groups is 1. The molecule has 1 aromatic carbocycles. The van der Waals surface area contributed by atoms with E-state index in [1.165, 1.54) is 28.3 Å². The van der Waals surface area contributed by atoms with E-state index in [2.05, 4.69) is 11.7 Å². The standard InChI is InChI=1S/C24H24ClF3N4OS/c1-4-22(33)31-12-18(17-11-21(25)34-20(17)14-31)15-7-5-6-8-16(15)19-13-32(10-9-30(2)3)29-23(19)24(26,27)28/h4-8,11,13,18H,1,9-10,12,14H2,2-3H3. The van der Waals surface area contributed by atoms with Gasteiger partial charge >= 0.3 is 6.18 Å². The fraction of sp³-hybridized carbons (Fsp3) is 0.333. The first kappa shape index (κ1) is 24.5. The van der Waals surface area contributed by atoms with Crippen molar-refractivity contribution in [1.82, 2.24) is 19.6 Å². The summed E-state index contributed by atoms with van der Waals surface area (Å²) in [7, 11) is 3.71. The Bertz CT molecular complexity index is 1220. The molecule has 1 amide bonds. The number of benzene rings is 1. The molecule has 5 nitrogen and oxygen atoms in total. The van der Waals surface area contributed by atoms with Gasteiger partial charge < -0.3 is 9.80 Å². The monoisotopic (exact) mass is 508 g/mol. The molecule has 0 bridgehead atoms. The highest BCUT2D eigenvalue weighted by Crippen LogP contribution is 2.45. The van der Waals surface area contributed by atoms with E-state index in [0.717, 1.165) is 10.4 Å². The minimum Gasteiger partial charge on any atom is -0.333 e. The minimum atomic E-state index is -4.61. The van der Waals surface area contributed by atoms with Crippen molar-refractivity contribution in [2.24, 2.45) is 0 Å². The highest BCUT2D eigenvalue weighted by Gasteiger charge is 2.39. The molecule has 0 spiro atoms. The van der Waals surface area contributed by atoms with Gasteiger partial charge in [-0.15, -0.1) is 11.3 Å². The van der Waals surface area contributed by atoms with Crippen LogP contribution in [0.5, 0.6) is 0 Å². The summed E-state index contributed by atoms with van der Waals surface area (Å²) in [6.45, 7) is 5.17. The van der Waals surface area contributed by atoms with E-state index >= 15 is 0 Å². The topological polar surface area (TPSA) is 41.4 Å². The van der Waals surface area contributed by atoms with Gasteiger partial charge in [0.2, 0.25) is 5.91 Å². The van der Waals surface area contributed by atoms with E-state index in [0.29, 0.717) is 41.6 Å². The molecule has 0 fully saturated rings. The van der Waals surface area contributed by atoms with Crippen LogP contribution in [-0.4, -0.2) is 52.7 Å². The maximum atomic E-state index is 14.0. The van der Waals surface area contributed by atoms with Gasteiger partial charge in [0.05, 0.1) is 17.4 Å². The molecule has 3 heterocycles. The van der Waals surface area contributed by atoms with Crippen molar-refractivity contribution < 1.29 is 18.0 Å². The molecule has 34 heavy (non-hydrogen) atoms. The summed E-state index contributed by atoms with van der Waals surface area (Å²) in [5, 5.41) is 3.89. The number of aromatic nitrogens is 2. The lowest BCUT2D eigenvalue weighted by atomic mass is 9.84. The van der Waals surface area contributed by atoms with E-state index < -0.39 is 11.9 Å². The Morgan fingerprint density at radius 3 is 2.71 bits per heavy atom. The van der Waals surface area contributed by atoms with Gasteiger partial charge in [-0.1, -0.05) is 42.4 Å². The Balaban J connectivity index is 1.84. The van der Waals surface area contributed by atoms with Crippen molar-refractivity contribution >= 4 is 28.8 Å². The van der Waals surface area contributed by atoms with Crippen LogP contribution in [0.25, 0.3) is 11.1 Å². The Morgan fingerprint density at radius 2 is 2.03 bits per heavy atom. The molecule has 0 aliphatic carbocycles. The average Bonchev–Trinajstić information content (AvgIpc) is 3.39. The number of amides is 1. The quantitative estimate of drug-likeness (QED) is 0.412. The predicted molar refractivity (Wildman–Crippen MR) is 128 cm³/mol. The van der Waals surface area contributed by atoms with E-state index in [1.54, 1.807) is 23.1 Å². The lowest BCUT2D eigenvalue weighted by molar-refractivity contribution is -0.141. The van der Waals surface area contributed by atoms with Gasteiger partial charge in [-0.05, 0) is 42.9 Å². The first-order chi connectivity index (χ1) is 16.1. The fourth-order valence-electron chi connectivity index (χ4n) is 4.24. The van der Waals surface area contributed by atoms with Crippen LogP contribution in [-0.2, 0) is 24.1 Å². The summed E-state index contributed by atoms with van der Waals surface area (Å²) >= 11 is 7.68. The second kappa shape index (κ2) is 9.56. The van der Waals surface area contributed by atoms with E-state index in [4.69, 9.17) is 11.6 Å². The highest BCUT2D eigenvalue weighted by molar-refractivity contribution is 7.16. The van der Waals surface area contributed by atoms with Gasteiger partial charge in [0.25, 0.3) is 0 Å². The smallest absolute Gasteiger partial charge is 0.333 e.